The van der Waals surface area contributed by atoms with Crippen LogP contribution >= 0.6 is 0 Å². The van der Waals surface area contributed by atoms with Crippen molar-refractivity contribution in [2.75, 3.05) is 0 Å². The van der Waals surface area contributed by atoms with Crippen LogP contribution in [0.5, 0.6) is 0 Å². The van der Waals surface area contributed by atoms with Crippen molar-refractivity contribution in [2.24, 2.45) is 5.92 Å². The highest BCUT2D eigenvalue weighted by molar-refractivity contribution is 5.87. The molecule has 2 unspecified atom stereocenters. The Bertz CT molecular complexity index is 367. The van der Waals surface area contributed by atoms with E-state index in [-0.39, 0.29) is 0 Å². The summed E-state index contributed by atoms with van der Waals surface area (Å²) in [5, 5.41) is 0. The molecule has 0 saturated heterocycles. The van der Waals surface area contributed by atoms with Crippen molar-refractivity contribution >= 4 is 5.78 Å². The Labute approximate surface area is 77.8 Å². The van der Waals surface area contributed by atoms with E-state index in [1.807, 2.05) is 6.07 Å². The molecule has 3 rings (SSSR count). The van der Waals surface area contributed by atoms with E-state index in [0.717, 1.165) is 6.42 Å². The molecule has 2 atom stereocenters. The summed E-state index contributed by atoms with van der Waals surface area (Å²) in [7, 11) is 0. The third kappa shape index (κ3) is 0.902. The van der Waals surface area contributed by atoms with E-state index in [9.17, 15) is 4.79 Å². The summed E-state index contributed by atoms with van der Waals surface area (Å²) >= 11 is 0. The van der Waals surface area contributed by atoms with Crippen LogP contribution in [0.2, 0.25) is 0 Å². The monoisotopic (exact) mass is 172 g/mol. The van der Waals surface area contributed by atoms with Gasteiger partial charge in [-0.15, -0.1) is 0 Å². The van der Waals surface area contributed by atoms with Crippen LogP contribution in [0.4, 0.5) is 0 Å². The Morgan fingerprint density at radius 1 is 1.08 bits per heavy atom. The van der Waals surface area contributed by atoms with Gasteiger partial charge >= 0.3 is 0 Å². The van der Waals surface area contributed by atoms with Crippen molar-refractivity contribution in [3.8, 4) is 0 Å². The van der Waals surface area contributed by atoms with Gasteiger partial charge in [0, 0.05) is 12.3 Å². The third-order valence-electron chi connectivity index (χ3n) is 3.51. The summed E-state index contributed by atoms with van der Waals surface area (Å²) < 4.78 is 0. The average molecular weight is 172 g/mol. The largest absolute Gasteiger partial charge is 0.299 e. The zero-order valence-corrected chi connectivity index (χ0v) is 7.49. The topological polar surface area (TPSA) is 17.1 Å². The first-order valence-electron chi connectivity index (χ1n) is 4.97. The van der Waals surface area contributed by atoms with E-state index in [4.69, 9.17) is 0 Å². The molecule has 0 aliphatic heterocycles. The van der Waals surface area contributed by atoms with Gasteiger partial charge in [0.2, 0.25) is 0 Å². The predicted molar refractivity (Wildman–Crippen MR) is 50.6 cm³/mol. The minimum atomic E-state index is 0.370. The molecule has 0 spiro atoms. The van der Waals surface area contributed by atoms with Crippen molar-refractivity contribution in [3.05, 3.63) is 35.4 Å². The molecule has 1 nitrogen and oxygen atoms in total. The van der Waals surface area contributed by atoms with Crippen molar-refractivity contribution < 1.29 is 4.79 Å². The van der Waals surface area contributed by atoms with Gasteiger partial charge in [0.05, 0.1) is 0 Å². The third-order valence-corrected chi connectivity index (χ3v) is 3.51. The van der Waals surface area contributed by atoms with Gasteiger partial charge < -0.3 is 0 Å². The van der Waals surface area contributed by atoms with Crippen molar-refractivity contribution in [2.45, 2.75) is 25.2 Å². The highest BCUT2D eigenvalue weighted by Gasteiger charge is 2.41. The zero-order valence-electron chi connectivity index (χ0n) is 7.49. The SMILES string of the molecule is O=C1Cc2ccccc2C2CCC12. The Morgan fingerprint density at radius 3 is 2.62 bits per heavy atom. The van der Waals surface area contributed by atoms with Gasteiger partial charge in [-0.2, -0.15) is 0 Å². The molecular formula is C12H12O. The lowest BCUT2D eigenvalue weighted by molar-refractivity contribution is -0.126. The Morgan fingerprint density at radius 2 is 1.85 bits per heavy atom. The standard InChI is InChI=1S/C12H12O/c13-12-7-8-3-1-2-4-9(8)10-5-6-11(10)12/h1-4,10-11H,5-7H2. The number of carbonyl (C=O) groups excluding carboxylic acids is 1. The summed E-state index contributed by atoms with van der Waals surface area (Å²) in [6, 6.07) is 8.41. The molecule has 0 heterocycles. The number of hydrogen-bond donors (Lipinski definition) is 0. The summed E-state index contributed by atoms with van der Waals surface area (Å²) in [5.74, 6) is 1.40. The summed E-state index contributed by atoms with van der Waals surface area (Å²) in [6.07, 6.45) is 3.02. The molecule has 0 radical (unpaired) electrons. The van der Waals surface area contributed by atoms with E-state index < -0.39 is 0 Å². The molecule has 13 heavy (non-hydrogen) atoms. The van der Waals surface area contributed by atoms with Crippen LogP contribution in [0.3, 0.4) is 0 Å². The van der Waals surface area contributed by atoms with Crippen LogP contribution < -0.4 is 0 Å². The lowest BCUT2D eigenvalue weighted by Gasteiger charge is -2.40. The molecule has 1 aromatic carbocycles. The quantitative estimate of drug-likeness (QED) is 0.587. The van der Waals surface area contributed by atoms with Gasteiger partial charge in [-0.1, -0.05) is 24.3 Å². The second kappa shape index (κ2) is 2.44. The number of carbonyl (C=O) groups is 1. The van der Waals surface area contributed by atoms with Gasteiger partial charge in [-0.3, -0.25) is 4.79 Å². The average Bonchev–Trinajstić information content (AvgIpc) is 2.04. The molecule has 66 valence electrons. The predicted octanol–water partition coefficient (Wildman–Crippen LogP) is 2.31. The molecule has 0 bridgehead atoms. The van der Waals surface area contributed by atoms with Crippen molar-refractivity contribution in [1.82, 2.24) is 0 Å². The van der Waals surface area contributed by atoms with Crippen LogP contribution in [0, 0.1) is 5.92 Å². The molecule has 1 fully saturated rings. The van der Waals surface area contributed by atoms with E-state index in [0.29, 0.717) is 24.0 Å². The fourth-order valence-corrected chi connectivity index (χ4v) is 2.63. The molecular weight excluding hydrogens is 160 g/mol. The molecule has 1 saturated carbocycles. The zero-order chi connectivity index (χ0) is 8.84. The first kappa shape index (κ1) is 7.31. The Balaban J connectivity index is 2.12. The van der Waals surface area contributed by atoms with E-state index in [2.05, 4.69) is 18.2 Å². The van der Waals surface area contributed by atoms with Gasteiger partial charge in [0.15, 0.2) is 0 Å². The van der Waals surface area contributed by atoms with Gasteiger partial charge in [-0.05, 0) is 29.9 Å². The number of rotatable bonds is 0. The van der Waals surface area contributed by atoms with Crippen molar-refractivity contribution in [3.63, 3.8) is 0 Å². The lowest BCUT2D eigenvalue weighted by atomic mass is 9.62. The normalized spacial score (nSPS) is 30.3. The Hall–Kier alpha value is -1.11. The van der Waals surface area contributed by atoms with Crippen LogP contribution in [-0.4, -0.2) is 5.78 Å². The smallest absolute Gasteiger partial charge is 0.140 e. The van der Waals surface area contributed by atoms with E-state index >= 15 is 0 Å². The fraction of sp³-hybridized carbons (Fsp3) is 0.417. The molecule has 0 aromatic heterocycles. The molecule has 1 aromatic rings. The Kier molecular flexibility index (Phi) is 1.37. The summed E-state index contributed by atoms with van der Waals surface area (Å²) in [6.45, 7) is 0. The first-order chi connectivity index (χ1) is 6.36. The lowest BCUT2D eigenvalue weighted by Crippen LogP contribution is -2.36. The number of fused-ring (bicyclic) bond motifs is 3. The van der Waals surface area contributed by atoms with E-state index in [1.54, 1.807) is 0 Å². The molecule has 1 heteroatoms. The summed E-state index contributed by atoms with van der Waals surface area (Å²) in [4.78, 5) is 11.6. The maximum absolute atomic E-state index is 11.6. The second-order valence-electron chi connectivity index (χ2n) is 4.13. The van der Waals surface area contributed by atoms with Gasteiger partial charge in [0.25, 0.3) is 0 Å². The van der Waals surface area contributed by atoms with Crippen LogP contribution in [0.15, 0.2) is 24.3 Å². The highest BCUT2D eigenvalue weighted by atomic mass is 16.1. The molecule has 2 aliphatic carbocycles. The van der Waals surface area contributed by atoms with E-state index in [1.165, 1.54) is 17.5 Å². The highest BCUT2D eigenvalue weighted by Crippen LogP contribution is 2.47. The maximum Gasteiger partial charge on any atom is 0.140 e. The van der Waals surface area contributed by atoms with Gasteiger partial charge in [-0.25, -0.2) is 0 Å². The fourth-order valence-electron chi connectivity index (χ4n) is 2.63. The summed E-state index contributed by atoms with van der Waals surface area (Å²) in [5.41, 5.74) is 2.71. The minimum absolute atomic E-state index is 0.370. The van der Waals surface area contributed by atoms with Gasteiger partial charge in [0.1, 0.15) is 5.78 Å². The molecule has 0 N–H and O–H groups in total. The number of hydrogen-bond acceptors (Lipinski definition) is 1. The molecule has 2 aliphatic rings. The second-order valence-corrected chi connectivity index (χ2v) is 4.13. The minimum Gasteiger partial charge on any atom is -0.299 e. The van der Waals surface area contributed by atoms with Crippen LogP contribution in [0.1, 0.15) is 29.9 Å². The van der Waals surface area contributed by atoms with Crippen molar-refractivity contribution in [1.29, 1.82) is 0 Å². The number of ketones is 1. The van der Waals surface area contributed by atoms with Crippen LogP contribution in [0.25, 0.3) is 0 Å². The number of benzene rings is 1. The maximum atomic E-state index is 11.6. The molecule has 0 amide bonds. The number of Topliss-reactive ketones (excluding diaryl/α,β-unsaturated/α-hetero) is 1. The van der Waals surface area contributed by atoms with Crippen LogP contribution in [-0.2, 0) is 11.2 Å². The first-order valence-corrected chi connectivity index (χ1v) is 4.97.